The second kappa shape index (κ2) is 5.58. The van der Waals surface area contributed by atoms with Gasteiger partial charge in [0.05, 0.1) is 12.6 Å². The smallest absolute Gasteiger partial charge is 0.107 e. The summed E-state index contributed by atoms with van der Waals surface area (Å²) in [4.78, 5) is 2.49. The van der Waals surface area contributed by atoms with Crippen LogP contribution in [0, 0.1) is 0 Å². The van der Waals surface area contributed by atoms with E-state index in [9.17, 15) is 10.2 Å². The van der Waals surface area contributed by atoms with Gasteiger partial charge < -0.3 is 15.9 Å². The Morgan fingerprint density at radius 2 is 2.19 bits per heavy atom. The zero-order chi connectivity index (χ0) is 12.1. The minimum Gasteiger partial charge on any atom is -0.398 e. The van der Waals surface area contributed by atoms with Crippen LogP contribution in [0.1, 0.15) is 11.7 Å². The van der Waals surface area contributed by atoms with Crippen LogP contribution in [0.15, 0.2) is 23.3 Å². The number of benzene rings is 1. The van der Waals surface area contributed by atoms with E-state index in [1.807, 2.05) is 0 Å². The van der Waals surface area contributed by atoms with Crippen LogP contribution in [0.3, 0.4) is 0 Å². The van der Waals surface area contributed by atoms with Gasteiger partial charge in [-0.1, -0.05) is 22.8 Å². The lowest BCUT2D eigenvalue weighted by molar-refractivity contribution is 0.0248. The quantitative estimate of drug-likeness (QED) is 0.322. The summed E-state index contributed by atoms with van der Waals surface area (Å²) in [5.74, 6) is 0. The van der Waals surface area contributed by atoms with Crippen LogP contribution < -0.4 is 5.73 Å². The Morgan fingerprint density at radius 1 is 1.50 bits per heavy atom. The third-order valence-electron chi connectivity index (χ3n) is 2.06. The molecule has 0 aliphatic rings. The maximum absolute atomic E-state index is 9.73. The molecule has 0 aromatic heterocycles. The number of aliphatic hydroxyl groups is 2. The van der Waals surface area contributed by atoms with Crippen molar-refractivity contribution in [1.82, 2.24) is 0 Å². The molecule has 1 aromatic carbocycles. The van der Waals surface area contributed by atoms with Gasteiger partial charge in [-0.2, -0.15) is 0 Å². The predicted molar refractivity (Wildman–Crippen MR) is 60.8 cm³/mol. The fourth-order valence-corrected chi connectivity index (χ4v) is 1.42. The van der Waals surface area contributed by atoms with Gasteiger partial charge in [0, 0.05) is 21.2 Å². The van der Waals surface area contributed by atoms with E-state index in [-0.39, 0.29) is 12.2 Å². The molecule has 16 heavy (non-hydrogen) atoms. The largest absolute Gasteiger partial charge is 0.398 e. The zero-order valence-electron chi connectivity index (χ0n) is 8.29. The van der Waals surface area contributed by atoms with Gasteiger partial charge in [-0.15, -0.1) is 0 Å². The molecule has 0 saturated heterocycles. The van der Waals surface area contributed by atoms with Gasteiger partial charge in [-0.25, -0.2) is 0 Å². The molecule has 0 aliphatic heterocycles. The molecule has 0 heterocycles. The van der Waals surface area contributed by atoms with Gasteiger partial charge in [-0.3, -0.25) is 0 Å². The van der Waals surface area contributed by atoms with Crippen molar-refractivity contribution in [2.75, 3.05) is 12.3 Å². The molecule has 2 atom stereocenters. The van der Waals surface area contributed by atoms with Crippen LogP contribution >= 0.6 is 11.6 Å². The highest BCUT2D eigenvalue weighted by Crippen LogP contribution is 2.26. The number of halogens is 1. The number of hydrogen-bond donors (Lipinski definition) is 3. The van der Waals surface area contributed by atoms with Gasteiger partial charge in [0.25, 0.3) is 0 Å². The Labute approximate surface area is 96.9 Å². The van der Waals surface area contributed by atoms with Gasteiger partial charge in [0.15, 0.2) is 0 Å². The van der Waals surface area contributed by atoms with Crippen LogP contribution in [0.4, 0.5) is 5.69 Å². The number of anilines is 1. The van der Waals surface area contributed by atoms with E-state index < -0.39 is 12.2 Å². The highest BCUT2D eigenvalue weighted by molar-refractivity contribution is 6.30. The van der Waals surface area contributed by atoms with Crippen molar-refractivity contribution >= 4 is 17.3 Å². The maximum atomic E-state index is 9.73. The molecule has 0 radical (unpaired) electrons. The number of rotatable bonds is 4. The average molecular weight is 243 g/mol. The molecular formula is C9H11ClN4O2. The van der Waals surface area contributed by atoms with E-state index in [4.69, 9.17) is 22.9 Å². The summed E-state index contributed by atoms with van der Waals surface area (Å²) in [5.41, 5.74) is 14.3. The van der Waals surface area contributed by atoms with Crippen molar-refractivity contribution in [3.63, 3.8) is 0 Å². The van der Waals surface area contributed by atoms with E-state index in [2.05, 4.69) is 10.0 Å². The van der Waals surface area contributed by atoms with Crippen molar-refractivity contribution < 1.29 is 10.2 Å². The molecule has 0 aliphatic carbocycles. The highest BCUT2D eigenvalue weighted by atomic mass is 35.5. The Hall–Kier alpha value is -1.46. The first-order chi connectivity index (χ1) is 7.56. The molecule has 2 unspecified atom stereocenters. The van der Waals surface area contributed by atoms with E-state index in [1.165, 1.54) is 12.1 Å². The maximum Gasteiger partial charge on any atom is 0.107 e. The van der Waals surface area contributed by atoms with Gasteiger partial charge >= 0.3 is 0 Å². The Balaban J connectivity index is 2.86. The normalized spacial score (nSPS) is 13.9. The standard InChI is InChI=1S/C9H11ClN4O2/c10-5-1-2-6(7(11)3-5)9(16)8(15)4-13-14-12/h1-3,8-9,15-16H,4,11H2. The summed E-state index contributed by atoms with van der Waals surface area (Å²) in [7, 11) is 0. The lowest BCUT2D eigenvalue weighted by atomic mass is 10.0. The van der Waals surface area contributed by atoms with Gasteiger partial charge in [-0.05, 0) is 17.7 Å². The number of nitrogens with two attached hydrogens (primary N) is 1. The summed E-state index contributed by atoms with van der Waals surface area (Å²) in [6, 6.07) is 4.54. The third kappa shape index (κ3) is 3.01. The first-order valence-corrected chi connectivity index (χ1v) is 4.86. The van der Waals surface area contributed by atoms with Gasteiger partial charge in [0.2, 0.25) is 0 Å². The first-order valence-electron chi connectivity index (χ1n) is 4.48. The van der Waals surface area contributed by atoms with Crippen LogP contribution in [0.25, 0.3) is 10.4 Å². The summed E-state index contributed by atoms with van der Waals surface area (Å²) in [6.45, 7) is -0.222. The van der Waals surface area contributed by atoms with Crippen LogP contribution in [0.2, 0.25) is 5.02 Å². The van der Waals surface area contributed by atoms with Crippen molar-refractivity contribution in [1.29, 1.82) is 0 Å². The molecule has 1 rings (SSSR count). The van der Waals surface area contributed by atoms with Crippen LogP contribution in [-0.2, 0) is 0 Å². The first kappa shape index (κ1) is 12.6. The van der Waals surface area contributed by atoms with Crippen molar-refractivity contribution in [3.05, 3.63) is 39.2 Å². The Morgan fingerprint density at radius 3 is 2.75 bits per heavy atom. The van der Waals surface area contributed by atoms with E-state index in [0.29, 0.717) is 10.6 Å². The number of azide groups is 1. The molecule has 7 heteroatoms. The van der Waals surface area contributed by atoms with Crippen LogP contribution in [-0.4, -0.2) is 22.9 Å². The minimum atomic E-state index is -1.21. The lowest BCUT2D eigenvalue weighted by Crippen LogP contribution is -2.22. The molecular weight excluding hydrogens is 232 g/mol. The monoisotopic (exact) mass is 242 g/mol. The molecule has 86 valence electrons. The van der Waals surface area contributed by atoms with E-state index >= 15 is 0 Å². The van der Waals surface area contributed by atoms with E-state index in [1.54, 1.807) is 6.07 Å². The lowest BCUT2D eigenvalue weighted by Gasteiger charge is -2.18. The number of nitrogens with zero attached hydrogens (tertiary/aromatic N) is 3. The third-order valence-corrected chi connectivity index (χ3v) is 2.30. The summed E-state index contributed by atoms with van der Waals surface area (Å²) in [5, 5.41) is 22.8. The number of aliphatic hydroxyl groups excluding tert-OH is 2. The molecule has 1 aromatic rings. The van der Waals surface area contributed by atoms with Crippen molar-refractivity contribution in [2.24, 2.45) is 5.11 Å². The SMILES string of the molecule is [N-]=[N+]=NCC(O)C(O)c1ccc(Cl)cc1N. The highest BCUT2D eigenvalue weighted by Gasteiger charge is 2.19. The molecule has 6 nitrogen and oxygen atoms in total. The zero-order valence-corrected chi connectivity index (χ0v) is 9.04. The second-order valence-corrected chi connectivity index (χ2v) is 3.64. The Kier molecular flexibility index (Phi) is 4.39. The summed E-state index contributed by atoms with van der Waals surface area (Å²) < 4.78 is 0. The average Bonchev–Trinajstić information content (AvgIpc) is 2.25. The molecule has 0 spiro atoms. The molecule has 0 amide bonds. The Bertz CT molecular complexity index is 420. The van der Waals surface area contributed by atoms with Gasteiger partial charge in [0.1, 0.15) is 6.10 Å². The summed E-state index contributed by atoms with van der Waals surface area (Å²) >= 11 is 5.69. The molecule has 0 bridgehead atoms. The summed E-state index contributed by atoms with van der Waals surface area (Å²) in [6.07, 6.45) is -2.40. The van der Waals surface area contributed by atoms with Crippen molar-refractivity contribution in [3.8, 4) is 0 Å². The predicted octanol–water partition coefficient (Wildman–Crippen LogP) is 1.63. The number of nitrogen functional groups attached to an aromatic ring is 1. The van der Waals surface area contributed by atoms with Crippen LogP contribution in [0.5, 0.6) is 0 Å². The second-order valence-electron chi connectivity index (χ2n) is 3.20. The fourth-order valence-electron chi connectivity index (χ4n) is 1.24. The molecule has 4 N–H and O–H groups in total. The van der Waals surface area contributed by atoms with E-state index in [0.717, 1.165) is 0 Å². The molecule has 0 saturated carbocycles. The number of hydrogen-bond acceptors (Lipinski definition) is 4. The molecule has 0 fully saturated rings. The fraction of sp³-hybridized carbons (Fsp3) is 0.333. The minimum absolute atomic E-state index is 0.222. The topological polar surface area (TPSA) is 115 Å². The van der Waals surface area contributed by atoms with Crippen molar-refractivity contribution in [2.45, 2.75) is 12.2 Å².